The zero-order valence-electron chi connectivity index (χ0n) is 11.3. The SMILES string of the molecule is CN(C)C1(C(=O)O)CCN(c2ccc(F)cc2)CC1. The number of carboxylic acids is 1. The number of benzene rings is 1. The van der Waals surface area contributed by atoms with E-state index in [4.69, 9.17) is 0 Å². The van der Waals surface area contributed by atoms with Gasteiger partial charge in [-0.05, 0) is 51.2 Å². The van der Waals surface area contributed by atoms with Crippen LogP contribution in [0.1, 0.15) is 12.8 Å². The van der Waals surface area contributed by atoms with E-state index in [1.807, 2.05) is 14.1 Å². The van der Waals surface area contributed by atoms with Crippen molar-refractivity contribution in [3.63, 3.8) is 0 Å². The van der Waals surface area contributed by atoms with Gasteiger partial charge in [0.25, 0.3) is 0 Å². The lowest BCUT2D eigenvalue weighted by Crippen LogP contribution is -2.57. The number of nitrogens with zero attached hydrogens (tertiary/aromatic N) is 2. The summed E-state index contributed by atoms with van der Waals surface area (Å²) in [5.41, 5.74) is 0.162. The maximum atomic E-state index is 12.9. The second kappa shape index (κ2) is 5.17. The van der Waals surface area contributed by atoms with Crippen LogP contribution in [-0.2, 0) is 4.79 Å². The molecule has 0 aromatic heterocycles. The van der Waals surface area contributed by atoms with Gasteiger partial charge in [-0.25, -0.2) is 4.39 Å². The minimum Gasteiger partial charge on any atom is -0.480 e. The van der Waals surface area contributed by atoms with Crippen LogP contribution in [0.5, 0.6) is 0 Å². The summed E-state index contributed by atoms with van der Waals surface area (Å²) in [7, 11) is 3.61. The molecule has 1 saturated heterocycles. The molecule has 0 atom stereocenters. The Labute approximate surface area is 112 Å². The topological polar surface area (TPSA) is 43.8 Å². The standard InChI is InChI=1S/C14H19FN2O2/c1-16(2)14(13(18)19)7-9-17(10-8-14)12-5-3-11(15)4-6-12/h3-6H,7-10H2,1-2H3,(H,18,19). The van der Waals surface area contributed by atoms with E-state index in [0.717, 1.165) is 5.69 Å². The largest absolute Gasteiger partial charge is 0.480 e. The number of rotatable bonds is 3. The van der Waals surface area contributed by atoms with Gasteiger partial charge in [-0.1, -0.05) is 0 Å². The van der Waals surface area contributed by atoms with Crippen molar-refractivity contribution >= 4 is 11.7 Å². The molecular formula is C14H19FN2O2. The summed E-state index contributed by atoms with van der Waals surface area (Å²) in [6, 6.07) is 6.33. The van der Waals surface area contributed by atoms with E-state index in [1.165, 1.54) is 12.1 Å². The highest BCUT2D eigenvalue weighted by atomic mass is 19.1. The lowest BCUT2D eigenvalue weighted by molar-refractivity contribution is -0.151. The molecule has 2 rings (SSSR count). The maximum Gasteiger partial charge on any atom is 0.324 e. The van der Waals surface area contributed by atoms with Gasteiger partial charge in [0.2, 0.25) is 0 Å². The maximum absolute atomic E-state index is 12.9. The molecule has 4 nitrogen and oxygen atoms in total. The number of hydrogen-bond donors (Lipinski definition) is 1. The molecule has 0 saturated carbocycles. The van der Waals surface area contributed by atoms with E-state index < -0.39 is 11.5 Å². The van der Waals surface area contributed by atoms with Crippen molar-refractivity contribution in [2.24, 2.45) is 0 Å². The van der Waals surface area contributed by atoms with E-state index in [2.05, 4.69) is 4.90 Å². The van der Waals surface area contributed by atoms with Crippen LogP contribution in [0.25, 0.3) is 0 Å². The molecule has 0 radical (unpaired) electrons. The van der Waals surface area contributed by atoms with Crippen LogP contribution in [0.2, 0.25) is 0 Å². The normalized spacial score (nSPS) is 18.6. The fourth-order valence-electron chi connectivity index (χ4n) is 2.64. The number of piperidine rings is 1. The summed E-state index contributed by atoms with van der Waals surface area (Å²) in [4.78, 5) is 15.4. The Bertz CT molecular complexity index is 451. The number of anilines is 1. The summed E-state index contributed by atoms with van der Waals surface area (Å²) in [6.07, 6.45) is 1.12. The minimum atomic E-state index is -0.781. The number of likely N-dealkylation sites (N-methyl/N-ethyl adjacent to an activating group) is 1. The van der Waals surface area contributed by atoms with E-state index in [9.17, 15) is 14.3 Å². The molecule has 0 aliphatic carbocycles. The van der Waals surface area contributed by atoms with Crippen molar-refractivity contribution in [3.8, 4) is 0 Å². The number of carbonyl (C=O) groups is 1. The Morgan fingerprint density at radius 1 is 1.26 bits per heavy atom. The molecule has 0 bridgehead atoms. The molecule has 1 N–H and O–H groups in total. The van der Waals surface area contributed by atoms with Gasteiger partial charge < -0.3 is 10.0 Å². The van der Waals surface area contributed by atoms with Gasteiger partial charge in [0.15, 0.2) is 0 Å². The minimum absolute atomic E-state index is 0.256. The molecule has 0 amide bonds. The molecule has 0 unspecified atom stereocenters. The van der Waals surface area contributed by atoms with Crippen LogP contribution in [0.15, 0.2) is 24.3 Å². The van der Waals surface area contributed by atoms with Crippen LogP contribution in [0, 0.1) is 5.82 Å². The van der Waals surface area contributed by atoms with E-state index >= 15 is 0 Å². The van der Waals surface area contributed by atoms with Crippen molar-refractivity contribution in [1.29, 1.82) is 0 Å². The zero-order valence-corrected chi connectivity index (χ0v) is 11.3. The fourth-order valence-corrected chi connectivity index (χ4v) is 2.64. The van der Waals surface area contributed by atoms with Crippen LogP contribution in [-0.4, -0.2) is 48.7 Å². The van der Waals surface area contributed by atoms with Crippen molar-refractivity contribution < 1.29 is 14.3 Å². The van der Waals surface area contributed by atoms with Gasteiger partial charge in [-0.3, -0.25) is 9.69 Å². The summed E-state index contributed by atoms with van der Waals surface area (Å²) in [5, 5.41) is 9.44. The first-order chi connectivity index (χ1) is 8.95. The first-order valence-corrected chi connectivity index (χ1v) is 6.37. The Balaban J connectivity index is 2.10. The highest BCUT2D eigenvalue weighted by Crippen LogP contribution is 2.30. The molecular weight excluding hydrogens is 247 g/mol. The second-order valence-corrected chi connectivity index (χ2v) is 5.19. The van der Waals surface area contributed by atoms with Crippen LogP contribution >= 0.6 is 0 Å². The van der Waals surface area contributed by atoms with Crippen LogP contribution in [0.4, 0.5) is 10.1 Å². The van der Waals surface area contributed by atoms with Gasteiger partial charge in [-0.15, -0.1) is 0 Å². The first kappa shape index (κ1) is 13.8. The molecule has 0 spiro atoms. The molecule has 1 heterocycles. The lowest BCUT2D eigenvalue weighted by atomic mass is 9.86. The summed E-state index contributed by atoms with van der Waals surface area (Å²) < 4.78 is 12.9. The molecule has 1 aromatic rings. The van der Waals surface area contributed by atoms with Crippen molar-refractivity contribution in [2.45, 2.75) is 18.4 Å². The average Bonchev–Trinajstić information content (AvgIpc) is 2.39. The molecule has 1 aliphatic rings. The Hall–Kier alpha value is -1.62. The van der Waals surface area contributed by atoms with Crippen molar-refractivity contribution in [3.05, 3.63) is 30.1 Å². The third-order valence-electron chi connectivity index (χ3n) is 4.04. The molecule has 19 heavy (non-hydrogen) atoms. The third kappa shape index (κ3) is 2.56. The quantitative estimate of drug-likeness (QED) is 0.906. The lowest BCUT2D eigenvalue weighted by Gasteiger charge is -2.43. The van der Waals surface area contributed by atoms with Gasteiger partial charge in [-0.2, -0.15) is 0 Å². The van der Waals surface area contributed by atoms with Crippen molar-refractivity contribution in [1.82, 2.24) is 4.90 Å². The van der Waals surface area contributed by atoms with Crippen LogP contribution < -0.4 is 4.90 Å². The highest BCUT2D eigenvalue weighted by Gasteiger charge is 2.43. The number of halogens is 1. The third-order valence-corrected chi connectivity index (χ3v) is 4.04. The fraction of sp³-hybridized carbons (Fsp3) is 0.500. The smallest absolute Gasteiger partial charge is 0.324 e. The Morgan fingerprint density at radius 3 is 2.21 bits per heavy atom. The summed E-state index contributed by atoms with van der Waals surface area (Å²) in [5.74, 6) is -1.02. The van der Waals surface area contributed by atoms with Gasteiger partial charge in [0, 0.05) is 18.8 Å². The van der Waals surface area contributed by atoms with E-state index in [-0.39, 0.29) is 5.82 Å². The summed E-state index contributed by atoms with van der Waals surface area (Å²) in [6.45, 7) is 1.33. The monoisotopic (exact) mass is 266 g/mol. The molecule has 5 heteroatoms. The predicted molar refractivity (Wildman–Crippen MR) is 71.9 cm³/mol. The molecule has 1 aromatic carbocycles. The first-order valence-electron chi connectivity index (χ1n) is 6.37. The number of carboxylic acid groups (broad SMARTS) is 1. The van der Waals surface area contributed by atoms with Gasteiger partial charge in [0.05, 0.1) is 0 Å². The van der Waals surface area contributed by atoms with Gasteiger partial charge >= 0.3 is 5.97 Å². The van der Waals surface area contributed by atoms with Crippen molar-refractivity contribution in [2.75, 3.05) is 32.1 Å². The highest BCUT2D eigenvalue weighted by molar-refractivity contribution is 5.79. The van der Waals surface area contributed by atoms with Crippen LogP contribution in [0.3, 0.4) is 0 Å². The van der Waals surface area contributed by atoms with E-state index in [1.54, 1.807) is 17.0 Å². The molecule has 1 aliphatic heterocycles. The number of hydrogen-bond acceptors (Lipinski definition) is 3. The number of aliphatic carboxylic acids is 1. The van der Waals surface area contributed by atoms with E-state index in [0.29, 0.717) is 25.9 Å². The Kier molecular flexibility index (Phi) is 3.75. The molecule has 1 fully saturated rings. The second-order valence-electron chi connectivity index (χ2n) is 5.19. The van der Waals surface area contributed by atoms with Gasteiger partial charge in [0.1, 0.15) is 11.4 Å². The average molecular weight is 266 g/mol. The summed E-state index contributed by atoms with van der Waals surface area (Å²) >= 11 is 0. The zero-order chi connectivity index (χ0) is 14.0. The predicted octanol–water partition coefficient (Wildman–Crippen LogP) is 1.81. The Morgan fingerprint density at radius 2 is 1.79 bits per heavy atom. The molecule has 104 valence electrons.